The Morgan fingerprint density at radius 3 is 2.42 bits per heavy atom. The van der Waals surface area contributed by atoms with Gasteiger partial charge in [0.1, 0.15) is 0 Å². The van der Waals surface area contributed by atoms with Crippen LogP contribution in [-0.4, -0.2) is 19.8 Å². The highest BCUT2D eigenvalue weighted by Gasteiger charge is 2.26. The van der Waals surface area contributed by atoms with E-state index in [0.29, 0.717) is 4.90 Å². The zero-order valence-corrected chi connectivity index (χ0v) is 12.7. The normalized spacial score (nSPS) is 24.9. The summed E-state index contributed by atoms with van der Waals surface area (Å²) >= 11 is 6.28. The van der Waals surface area contributed by atoms with Gasteiger partial charge in [0.25, 0.3) is 0 Å². The largest absolute Gasteiger partial charge is 0.240 e. The van der Waals surface area contributed by atoms with Crippen molar-refractivity contribution in [3.63, 3.8) is 0 Å². The lowest BCUT2D eigenvalue weighted by Gasteiger charge is -2.21. The van der Waals surface area contributed by atoms with E-state index in [1.165, 1.54) is 0 Å². The molecular weight excluding hydrogens is 282 g/mol. The Balaban J connectivity index is 2.13. The van der Waals surface area contributed by atoms with Crippen LogP contribution in [0.3, 0.4) is 0 Å². The highest BCUT2D eigenvalue weighted by Crippen LogP contribution is 2.24. The van der Waals surface area contributed by atoms with Crippen molar-refractivity contribution >= 4 is 21.6 Å². The van der Waals surface area contributed by atoms with Crippen molar-refractivity contribution in [3.8, 4) is 0 Å². The predicted molar refractivity (Wildman–Crippen MR) is 78.0 cm³/mol. The fourth-order valence-electron chi connectivity index (χ4n) is 2.38. The summed E-state index contributed by atoms with van der Waals surface area (Å²) in [6.07, 6.45) is 4.94. The van der Waals surface area contributed by atoms with Crippen LogP contribution in [0.4, 0.5) is 0 Å². The van der Waals surface area contributed by atoms with Crippen LogP contribution in [0.1, 0.15) is 37.7 Å². The van der Waals surface area contributed by atoms with Crippen LogP contribution in [0.15, 0.2) is 29.2 Å². The zero-order valence-electron chi connectivity index (χ0n) is 11.1. The van der Waals surface area contributed by atoms with Crippen LogP contribution < -0.4 is 4.72 Å². The fourth-order valence-corrected chi connectivity index (χ4v) is 4.11. The topological polar surface area (TPSA) is 46.2 Å². The summed E-state index contributed by atoms with van der Waals surface area (Å²) in [4.78, 5) is 0.311. The molecule has 2 atom stereocenters. The van der Waals surface area contributed by atoms with E-state index in [0.717, 1.165) is 37.7 Å². The summed E-state index contributed by atoms with van der Waals surface area (Å²) in [7, 11) is -3.46. The third kappa shape index (κ3) is 3.94. The number of hydrogen-bond donors (Lipinski definition) is 1. The van der Waals surface area contributed by atoms with E-state index >= 15 is 0 Å². The van der Waals surface area contributed by atoms with Crippen molar-refractivity contribution in [3.05, 3.63) is 29.8 Å². The molecule has 1 aromatic carbocycles. The highest BCUT2D eigenvalue weighted by molar-refractivity contribution is 7.89. The summed E-state index contributed by atoms with van der Waals surface area (Å²) in [5.41, 5.74) is 1.05. The van der Waals surface area contributed by atoms with Gasteiger partial charge in [0.15, 0.2) is 0 Å². The average molecular weight is 302 g/mol. The molecule has 1 aromatic rings. The molecule has 0 amide bonds. The van der Waals surface area contributed by atoms with Gasteiger partial charge < -0.3 is 0 Å². The molecular formula is C14H20ClNO2S. The Labute approximate surface area is 120 Å². The van der Waals surface area contributed by atoms with Gasteiger partial charge in [-0.15, -0.1) is 11.6 Å². The zero-order chi connectivity index (χ0) is 13.9. The minimum Gasteiger partial charge on any atom is -0.207 e. The van der Waals surface area contributed by atoms with Gasteiger partial charge >= 0.3 is 0 Å². The Bertz CT molecular complexity index is 513. The summed E-state index contributed by atoms with van der Waals surface area (Å²) in [5.74, 6) is 0. The van der Waals surface area contributed by atoms with Crippen LogP contribution >= 0.6 is 11.6 Å². The smallest absolute Gasteiger partial charge is 0.207 e. The van der Waals surface area contributed by atoms with Gasteiger partial charge in [0.05, 0.1) is 4.90 Å². The summed E-state index contributed by atoms with van der Waals surface area (Å²) in [6.45, 7) is 1.93. The molecule has 5 heteroatoms. The maximum absolute atomic E-state index is 12.3. The van der Waals surface area contributed by atoms with Crippen molar-refractivity contribution in [2.45, 2.75) is 55.3 Å². The highest BCUT2D eigenvalue weighted by atomic mass is 35.5. The lowest BCUT2D eigenvalue weighted by Crippen LogP contribution is -2.40. The number of benzene rings is 1. The molecule has 2 rings (SSSR count). The van der Waals surface area contributed by atoms with E-state index in [-0.39, 0.29) is 11.4 Å². The molecule has 3 nitrogen and oxygen atoms in total. The first kappa shape index (κ1) is 14.8. The maximum atomic E-state index is 12.3. The Hall–Kier alpha value is -0.580. The van der Waals surface area contributed by atoms with Crippen LogP contribution in [0.2, 0.25) is 0 Å². The molecule has 0 heterocycles. The van der Waals surface area contributed by atoms with Gasteiger partial charge in [-0.1, -0.05) is 37.0 Å². The SMILES string of the molecule is Cc1ccc(S(=O)(=O)NC2CCCCCC2Cl)cc1. The number of rotatable bonds is 3. The van der Waals surface area contributed by atoms with Gasteiger partial charge in [-0.05, 0) is 31.9 Å². The summed E-state index contributed by atoms with van der Waals surface area (Å²) in [6, 6.07) is 6.73. The van der Waals surface area contributed by atoms with E-state index in [4.69, 9.17) is 11.6 Å². The van der Waals surface area contributed by atoms with Gasteiger partial charge in [-0.25, -0.2) is 13.1 Å². The number of halogens is 1. The Morgan fingerprint density at radius 2 is 1.74 bits per heavy atom. The molecule has 0 aromatic heterocycles. The van der Waals surface area contributed by atoms with Gasteiger partial charge in [0, 0.05) is 11.4 Å². The number of sulfonamides is 1. The second-order valence-electron chi connectivity index (χ2n) is 5.19. The standard InChI is InChI=1S/C14H20ClNO2S/c1-11-7-9-12(10-8-11)19(17,18)16-14-6-4-2-3-5-13(14)15/h7-10,13-14,16H,2-6H2,1H3. The van der Waals surface area contributed by atoms with E-state index in [2.05, 4.69) is 4.72 Å². The van der Waals surface area contributed by atoms with E-state index in [9.17, 15) is 8.42 Å². The maximum Gasteiger partial charge on any atom is 0.240 e. The third-order valence-corrected chi connectivity index (χ3v) is 5.60. The van der Waals surface area contributed by atoms with Crippen molar-refractivity contribution in [2.24, 2.45) is 0 Å². The van der Waals surface area contributed by atoms with E-state index in [1.807, 2.05) is 6.92 Å². The summed E-state index contributed by atoms with van der Waals surface area (Å²) in [5, 5.41) is -0.109. The third-order valence-electron chi connectivity index (χ3n) is 3.57. The van der Waals surface area contributed by atoms with Crippen LogP contribution in [0.5, 0.6) is 0 Å². The van der Waals surface area contributed by atoms with Crippen LogP contribution in [-0.2, 0) is 10.0 Å². The quantitative estimate of drug-likeness (QED) is 0.688. The number of alkyl halides is 1. The molecule has 2 unspecified atom stereocenters. The van der Waals surface area contributed by atoms with Crippen LogP contribution in [0.25, 0.3) is 0 Å². The molecule has 1 aliphatic carbocycles. The molecule has 1 N–H and O–H groups in total. The molecule has 0 saturated heterocycles. The van der Waals surface area contributed by atoms with Crippen molar-refractivity contribution < 1.29 is 8.42 Å². The monoisotopic (exact) mass is 301 g/mol. The van der Waals surface area contributed by atoms with Crippen molar-refractivity contribution in [1.29, 1.82) is 0 Å². The second-order valence-corrected chi connectivity index (χ2v) is 7.47. The van der Waals surface area contributed by atoms with Gasteiger partial charge in [-0.3, -0.25) is 0 Å². The van der Waals surface area contributed by atoms with E-state index < -0.39 is 10.0 Å². The molecule has 0 aliphatic heterocycles. The molecule has 1 aliphatic rings. The molecule has 1 saturated carbocycles. The molecule has 19 heavy (non-hydrogen) atoms. The number of aryl methyl sites for hydroxylation is 1. The average Bonchev–Trinajstić information content (AvgIpc) is 2.55. The van der Waals surface area contributed by atoms with Crippen molar-refractivity contribution in [1.82, 2.24) is 4.72 Å². The second kappa shape index (κ2) is 6.25. The first-order valence-electron chi connectivity index (χ1n) is 6.72. The van der Waals surface area contributed by atoms with Gasteiger partial charge in [0.2, 0.25) is 10.0 Å². The fraction of sp³-hybridized carbons (Fsp3) is 0.571. The minimum absolute atomic E-state index is 0.109. The molecule has 0 bridgehead atoms. The van der Waals surface area contributed by atoms with E-state index in [1.54, 1.807) is 24.3 Å². The number of nitrogens with one attached hydrogen (secondary N) is 1. The lowest BCUT2D eigenvalue weighted by atomic mass is 10.1. The Morgan fingerprint density at radius 1 is 1.11 bits per heavy atom. The predicted octanol–water partition coefficient (Wildman–Crippen LogP) is 3.21. The Kier molecular flexibility index (Phi) is 4.87. The molecule has 0 spiro atoms. The first-order valence-corrected chi connectivity index (χ1v) is 8.64. The molecule has 106 valence electrons. The molecule has 1 fully saturated rings. The number of hydrogen-bond acceptors (Lipinski definition) is 2. The van der Waals surface area contributed by atoms with Gasteiger partial charge in [-0.2, -0.15) is 0 Å². The minimum atomic E-state index is -3.46. The molecule has 0 radical (unpaired) electrons. The lowest BCUT2D eigenvalue weighted by molar-refractivity contribution is 0.514. The summed E-state index contributed by atoms with van der Waals surface area (Å²) < 4.78 is 27.4. The van der Waals surface area contributed by atoms with Crippen LogP contribution in [0, 0.1) is 6.92 Å². The first-order chi connectivity index (χ1) is 8.99. The van der Waals surface area contributed by atoms with Crippen molar-refractivity contribution in [2.75, 3.05) is 0 Å².